The van der Waals surface area contributed by atoms with Crippen molar-refractivity contribution in [1.29, 1.82) is 5.26 Å². The third-order valence-corrected chi connectivity index (χ3v) is 5.44. The summed E-state index contributed by atoms with van der Waals surface area (Å²) in [5.74, 6) is -0.710. The smallest absolute Gasteiger partial charge is 0.313 e. The van der Waals surface area contributed by atoms with E-state index in [1.807, 2.05) is 0 Å². The first-order valence-corrected chi connectivity index (χ1v) is 9.65. The number of hydrogen-bond donors (Lipinski definition) is 1. The van der Waals surface area contributed by atoms with Gasteiger partial charge in [0.25, 0.3) is 5.91 Å². The second kappa shape index (κ2) is 8.18. The number of ether oxygens (including phenoxy) is 2. The third kappa shape index (κ3) is 4.54. The Morgan fingerprint density at radius 1 is 1.37 bits per heavy atom. The zero-order valence-electron chi connectivity index (χ0n) is 15.3. The first-order valence-electron chi connectivity index (χ1n) is 9.27. The van der Waals surface area contributed by atoms with E-state index < -0.39 is 29.4 Å². The van der Waals surface area contributed by atoms with Crippen molar-refractivity contribution in [3.8, 4) is 11.8 Å². The molecular weight excluding hydrogens is 368 g/mol. The molecule has 27 heavy (non-hydrogen) atoms. The number of nitrogens with zero attached hydrogens (tertiary/aromatic N) is 1. The predicted molar refractivity (Wildman–Crippen MR) is 99.3 cm³/mol. The van der Waals surface area contributed by atoms with Gasteiger partial charge in [0.1, 0.15) is 17.9 Å². The summed E-state index contributed by atoms with van der Waals surface area (Å²) in [4.78, 5) is 24.9. The number of rotatable bonds is 4. The number of esters is 1. The highest BCUT2D eigenvalue weighted by Gasteiger charge is 2.36. The van der Waals surface area contributed by atoms with E-state index >= 15 is 0 Å². The van der Waals surface area contributed by atoms with Crippen molar-refractivity contribution in [3.05, 3.63) is 28.8 Å². The lowest BCUT2D eigenvalue weighted by Gasteiger charge is -2.32. The molecule has 2 atom stereocenters. The molecule has 0 spiro atoms. The van der Waals surface area contributed by atoms with Crippen LogP contribution < -0.4 is 10.1 Å². The number of amides is 1. The second-order valence-electron chi connectivity index (χ2n) is 7.29. The molecule has 0 aromatic heterocycles. The highest BCUT2D eigenvalue weighted by atomic mass is 35.5. The quantitative estimate of drug-likeness (QED) is 0.797. The summed E-state index contributed by atoms with van der Waals surface area (Å²) >= 11 is 6.00. The van der Waals surface area contributed by atoms with Crippen LogP contribution in [-0.2, 0) is 20.7 Å². The Kier molecular flexibility index (Phi) is 5.91. The molecule has 7 heteroatoms. The number of nitrogens with one attached hydrogen (secondary N) is 1. The van der Waals surface area contributed by atoms with Crippen molar-refractivity contribution in [1.82, 2.24) is 5.32 Å². The van der Waals surface area contributed by atoms with Crippen LogP contribution in [0.2, 0.25) is 5.02 Å². The summed E-state index contributed by atoms with van der Waals surface area (Å²) in [5, 5.41) is 12.8. The molecule has 1 saturated carbocycles. The zero-order valence-corrected chi connectivity index (χ0v) is 16.1. The van der Waals surface area contributed by atoms with Crippen molar-refractivity contribution >= 4 is 23.5 Å². The van der Waals surface area contributed by atoms with Gasteiger partial charge in [-0.15, -0.1) is 0 Å². The van der Waals surface area contributed by atoms with Gasteiger partial charge < -0.3 is 14.8 Å². The fourth-order valence-corrected chi connectivity index (χ4v) is 3.79. The van der Waals surface area contributed by atoms with E-state index in [0.717, 1.165) is 24.8 Å². The molecule has 1 aliphatic carbocycles. The van der Waals surface area contributed by atoms with E-state index in [1.54, 1.807) is 18.2 Å². The largest absolute Gasteiger partial charge is 0.492 e. The summed E-state index contributed by atoms with van der Waals surface area (Å²) in [7, 11) is 0. The maximum Gasteiger partial charge on any atom is 0.313 e. The van der Waals surface area contributed by atoms with Crippen molar-refractivity contribution in [2.75, 3.05) is 6.61 Å². The van der Waals surface area contributed by atoms with Crippen LogP contribution in [0.15, 0.2) is 18.2 Å². The molecule has 1 aromatic rings. The summed E-state index contributed by atoms with van der Waals surface area (Å²) in [6.45, 7) is 1.72. The SMILES string of the molecule is C[C@@H](OC(=O)[C@@H]1COc2ccc(Cl)cc2C1)C(=O)NC1(C#N)CCCCC1. The number of carbonyl (C=O) groups excluding carboxylic acids is 2. The Bertz CT molecular complexity index is 768. The van der Waals surface area contributed by atoms with Crippen LogP contribution in [0.5, 0.6) is 5.75 Å². The normalized spacial score (nSPS) is 21.7. The number of halogens is 1. The van der Waals surface area contributed by atoms with Crippen LogP contribution in [0.1, 0.15) is 44.6 Å². The van der Waals surface area contributed by atoms with Crippen LogP contribution in [-0.4, -0.2) is 30.1 Å². The van der Waals surface area contributed by atoms with Gasteiger partial charge in [-0.1, -0.05) is 30.9 Å². The van der Waals surface area contributed by atoms with Crippen LogP contribution >= 0.6 is 11.6 Å². The van der Waals surface area contributed by atoms with Gasteiger partial charge in [0, 0.05) is 5.02 Å². The van der Waals surface area contributed by atoms with Gasteiger partial charge in [0.15, 0.2) is 6.10 Å². The summed E-state index contributed by atoms with van der Waals surface area (Å²) in [6, 6.07) is 7.52. The van der Waals surface area contributed by atoms with E-state index in [-0.39, 0.29) is 6.61 Å². The van der Waals surface area contributed by atoms with Gasteiger partial charge in [0.05, 0.1) is 12.0 Å². The van der Waals surface area contributed by atoms with E-state index in [9.17, 15) is 14.9 Å². The number of nitriles is 1. The molecule has 1 amide bonds. The lowest BCUT2D eigenvalue weighted by atomic mass is 9.83. The Balaban J connectivity index is 1.57. The van der Waals surface area contributed by atoms with E-state index in [0.29, 0.717) is 30.0 Å². The molecule has 144 valence electrons. The molecule has 6 nitrogen and oxygen atoms in total. The molecule has 0 bridgehead atoms. The fraction of sp³-hybridized carbons (Fsp3) is 0.550. The Morgan fingerprint density at radius 2 is 2.11 bits per heavy atom. The van der Waals surface area contributed by atoms with Gasteiger partial charge in [-0.3, -0.25) is 9.59 Å². The van der Waals surface area contributed by atoms with Crippen molar-refractivity contribution in [2.24, 2.45) is 5.92 Å². The minimum Gasteiger partial charge on any atom is -0.492 e. The fourth-order valence-electron chi connectivity index (χ4n) is 3.60. The minimum atomic E-state index is -0.967. The molecular formula is C20H23ClN2O4. The second-order valence-corrected chi connectivity index (χ2v) is 7.72. The molecule has 1 N–H and O–H groups in total. The molecule has 0 radical (unpaired) electrons. The first kappa shape index (κ1) is 19.5. The maximum atomic E-state index is 12.5. The molecule has 3 rings (SSSR count). The van der Waals surface area contributed by atoms with Gasteiger partial charge in [0.2, 0.25) is 0 Å². The monoisotopic (exact) mass is 390 g/mol. The van der Waals surface area contributed by atoms with Gasteiger partial charge in [-0.25, -0.2) is 0 Å². The van der Waals surface area contributed by atoms with E-state index in [4.69, 9.17) is 21.1 Å². The Hall–Kier alpha value is -2.26. The standard InChI is InChI=1S/C20H23ClN2O4/c1-13(18(24)23-20(12-22)7-3-2-4-8-20)27-19(25)15-9-14-10-16(21)5-6-17(14)26-11-15/h5-6,10,13,15H,2-4,7-9,11H2,1H3,(H,23,24)/t13-,15+/m1/s1. The van der Waals surface area contributed by atoms with Crippen molar-refractivity contribution in [3.63, 3.8) is 0 Å². The van der Waals surface area contributed by atoms with Gasteiger partial charge >= 0.3 is 5.97 Å². The highest BCUT2D eigenvalue weighted by Crippen LogP contribution is 2.31. The maximum absolute atomic E-state index is 12.5. The summed E-state index contributed by atoms with van der Waals surface area (Å²) in [6.07, 6.45) is 3.62. The minimum absolute atomic E-state index is 0.198. The Morgan fingerprint density at radius 3 is 2.81 bits per heavy atom. The van der Waals surface area contributed by atoms with E-state index in [2.05, 4.69) is 11.4 Å². The van der Waals surface area contributed by atoms with Crippen molar-refractivity contribution < 1.29 is 19.1 Å². The van der Waals surface area contributed by atoms with Gasteiger partial charge in [-0.05, 0) is 49.9 Å². The van der Waals surface area contributed by atoms with Crippen LogP contribution in [0.25, 0.3) is 0 Å². The molecule has 1 aromatic carbocycles. The molecule has 1 heterocycles. The highest BCUT2D eigenvalue weighted by molar-refractivity contribution is 6.30. The summed E-state index contributed by atoms with van der Waals surface area (Å²) < 4.78 is 11.0. The Labute approximate surface area is 163 Å². The van der Waals surface area contributed by atoms with Crippen LogP contribution in [0.3, 0.4) is 0 Å². The molecule has 2 aliphatic rings. The predicted octanol–water partition coefficient (Wildman–Crippen LogP) is 3.17. The molecule has 0 saturated heterocycles. The number of benzene rings is 1. The first-order chi connectivity index (χ1) is 12.9. The van der Waals surface area contributed by atoms with Gasteiger partial charge in [-0.2, -0.15) is 5.26 Å². The molecule has 0 unspecified atom stereocenters. The zero-order chi connectivity index (χ0) is 19.4. The van der Waals surface area contributed by atoms with E-state index in [1.165, 1.54) is 6.92 Å². The third-order valence-electron chi connectivity index (χ3n) is 5.21. The van der Waals surface area contributed by atoms with Crippen molar-refractivity contribution in [2.45, 2.75) is 57.1 Å². The number of carbonyl (C=O) groups is 2. The number of fused-ring (bicyclic) bond motifs is 1. The average molecular weight is 391 g/mol. The summed E-state index contributed by atoms with van der Waals surface area (Å²) in [5.41, 5.74) is -0.00180. The molecule has 1 fully saturated rings. The topological polar surface area (TPSA) is 88.4 Å². The lowest BCUT2D eigenvalue weighted by molar-refractivity contribution is -0.160. The lowest BCUT2D eigenvalue weighted by Crippen LogP contribution is -2.52. The molecule has 1 aliphatic heterocycles. The van der Waals surface area contributed by atoms with Crippen LogP contribution in [0.4, 0.5) is 0 Å². The number of hydrogen-bond acceptors (Lipinski definition) is 5. The average Bonchev–Trinajstić information content (AvgIpc) is 2.67. The van der Waals surface area contributed by atoms with Crippen LogP contribution in [0, 0.1) is 17.2 Å².